The summed E-state index contributed by atoms with van der Waals surface area (Å²) in [6, 6.07) is 15.9. The molecule has 0 saturated carbocycles. The molecular weight excluding hydrogens is 456 g/mol. The maximum absolute atomic E-state index is 12.5. The fourth-order valence-corrected chi connectivity index (χ4v) is 4.89. The molecule has 1 amide bonds. The number of piperidine rings is 1. The lowest BCUT2D eigenvalue weighted by Crippen LogP contribution is -2.40. The second-order valence-electron chi connectivity index (χ2n) is 8.38. The van der Waals surface area contributed by atoms with E-state index in [0.717, 1.165) is 48.7 Å². The molecule has 3 aromatic rings. The third-order valence-electron chi connectivity index (χ3n) is 5.76. The van der Waals surface area contributed by atoms with Crippen LogP contribution in [-0.2, 0) is 11.3 Å². The third kappa shape index (κ3) is 7.06. The fraction of sp³-hybridized carbons (Fsp3) is 0.400. The van der Waals surface area contributed by atoms with Crippen LogP contribution in [0.2, 0.25) is 5.02 Å². The van der Waals surface area contributed by atoms with E-state index in [2.05, 4.69) is 26.4 Å². The lowest BCUT2D eigenvalue weighted by atomic mass is 9.96. The number of likely N-dealkylation sites (tertiary alicyclic amines) is 1. The molecule has 1 saturated heterocycles. The number of hydrogen-bond acceptors (Lipinski definition) is 6. The maximum Gasteiger partial charge on any atom is 0.241 e. The fourth-order valence-electron chi connectivity index (χ4n) is 3.91. The monoisotopic (exact) mass is 484 g/mol. The van der Waals surface area contributed by atoms with E-state index in [9.17, 15) is 4.79 Å². The van der Waals surface area contributed by atoms with Crippen LogP contribution in [0.4, 0.5) is 0 Å². The average molecular weight is 485 g/mol. The van der Waals surface area contributed by atoms with Crippen molar-refractivity contribution in [1.82, 2.24) is 20.4 Å². The number of amides is 1. The summed E-state index contributed by atoms with van der Waals surface area (Å²) in [5, 5.41) is 7.98. The van der Waals surface area contributed by atoms with Gasteiger partial charge in [-0.25, -0.2) is 0 Å². The number of hydrogen-bond donors (Lipinski definition) is 1. The van der Waals surface area contributed by atoms with Gasteiger partial charge in [-0.05, 0) is 75.4 Å². The first kappa shape index (κ1) is 23.8. The molecule has 33 heavy (non-hydrogen) atoms. The summed E-state index contributed by atoms with van der Waals surface area (Å²) in [4.78, 5) is 20.6. The van der Waals surface area contributed by atoms with Gasteiger partial charge >= 0.3 is 0 Å². The quantitative estimate of drug-likeness (QED) is 0.332. The number of thioether (sulfide) groups is 1. The highest BCUT2D eigenvalue weighted by Gasteiger charge is 2.25. The second-order valence-corrected chi connectivity index (χ2v) is 9.98. The molecule has 2 heterocycles. The van der Waals surface area contributed by atoms with Gasteiger partial charge in [0.1, 0.15) is 0 Å². The van der Waals surface area contributed by atoms with E-state index >= 15 is 0 Å². The number of benzene rings is 2. The smallest absolute Gasteiger partial charge is 0.241 e. The molecule has 1 aromatic heterocycles. The lowest BCUT2D eigenvalue weighted by molar-refractivity contribution is -0.126. The Labute approximate surface area is 204 Å². The van der Waals surface area contributed by atoms with Crippen molar-refractivity contribution < 1.29 is 9.32 Å². The Bertz CT molecular complexity index is 1050. The highest BCUT2D eigenvalue weighted by molar-refractivity contribution is 7.99. The standard InChI is InChI=1S/C25H29ClN4O2S/c1-18-4-2-5-20(16-18)24-28-23(32-29-24)17-30-13-10-19(11-14-30)25(31)27-12-3-15-33-22-8-6-21(26)7-9-22/h2,4-9,16,19H,3,10-15,17H2,1H3,(H,27,31). The van der Waals surface area contributed by atoms with Gasteiger partial charge < -0.3 is 9.84 Å². The Kier molecular flexibility index (Phi) is 8.42. The van der Waals surface area contributed by atoms with E-state index in [4.69, 9.17) is 16.1 Å². The van der Waals surface area contributed by atoms with E-state index < -0.39 is 0 Å². The highest BCUT2D eigenvalue weighted by atomic mass is 35.5. The van der Waals surface area contributed by atoms with Gasteiger partial charge in [0.15, 0.2) is 0 Å². The molecule has 0 atom stereocenters. The summed E-state index contributed by atoms with van der Waals surface area (Å²) >= 11 is 7.69. The number of rotatable bonds is 9. The summed E-state index contributed by atoms with van der Waals surface area (Å²) < 4.78 is 5.46. The second kappa shape index (κ2) is 11.7. The summed E-state index contributed by atoms with van der Waals surface area (Å²) in [6.45, 7) is 5.09. The van der Waals surface area contributed by atoms with Crippen molar-refractivity contribution in [3.63, 3.8) is 0 Å². The maximum atomic E-state index is 12.5. The van der Waals surface area contributed by atoms with Gasteiger partial charge in [-0.2, -0.15) is 4.98 Å². The van der Waals surface area contributed by atoms with Crippen LogP contribution in [0.1, 0.15) is 30.7 Å². The number of nitrogens with one attached hydrogen (secondary N) is 1. The number of aryl methyl sites for hydroxylation is 1. The molecule has 0 aliphatic carbocycles. The molecule has 2 aromatic carbocycles. The number of carbonyl (C=O) groups is 1. The van der Waals surface area contributed by atoms with Gasteiger partial charge in [0.25, 0.3) is 0 Å². The number of nitrogens with zero attached hydrogens (tertiary/aromatic N) is 3. The van der Waals surface area contributed by atoms with E-state index in [0.29, 0.717) is 24.8 Å². The van der Waals surface area contributed by atoms with Crippen LogP contribution >= 0.6 is 23.4 Å². The van der Waals surface area contributed by atoms with Crippen LogP contribution in [0.3, 0.4) is 0 Å². The van der Waals surface area contributed by atoms with E-state index in [-0.39, 0.29) is 11.8 Å². The molecule has 0 radical (unpaired) electrons. The van der Waals surface area contributed by atoms with Crippen LogP contribution in [-0.4, -0.2) is 46.3 Å². The molecule has 174 valence electrons. The minimum absolute atomic E-state index is 0.0794. The predicted molar refractivity (Wildman–Crippen MR) is 132 cm³/mol. The number of carbonyl (C=O) groups excluding carboxylic acids is 1. The van der Waals surface area contributed by atoms with Crippen molar-refractivity contribution in [1.29, 1.82) is 0 Å². The summed E-state index contributed by atoms with van der Waals surface area (Å²) in [7, 11) is 0. The van der Waals surface area contributed by atoms with Gasteiger partial charge in [-0.3, -0.25) is 9.69 Å². The Morgan fingerprint density at radius 1 is 1.21 bits per heavy atom. The van der Waals surface area contributed by atoms with E-state index in [1.165, 1.54) is 10.5 Å². The van der Waals surface area contributed by atoms with Gasteiger partial charge in [0, 0.05) is 27.9 Å². The van der Waals surface area contributed by atoms with Crippen molar-refractivity contribution in [3.8, 4) is 11.4 Å². The Hall–Kier alpha value is -2.35. The SMILES string of the molecule is Cc1cccc(-c2noc(CN3CCC(C(=O)NCCCSc4ccc(Cl)cc4)CC3)n2)c1. The van der Waals surface area contributed by atoms with Crippen LogP contribution in [0.15, 0.2) is 57.9 Å². The summed E-state index contributed by atoms with van der Waals surface area (Å²) in [6.07, 6.45) is 2.65. The number of aromatic nitrogens is 2. The minimum atomic E-state index is 0.0794. The van der Waals surface area contributed by atoms with Crippen molar-refractivity contribution in [2.45, 2.75) is 37.6 Å². The molecule has 8 heteroatoms. The molecule has 0 spiro atoms. The zero-order valence-corrected chi connectivity index (χ0v) is 20.4. The molecule has 1 N–H and O–H groups in total. The topological polar surface area (TPSA) is 71.3 Å². The normalized spacial score (nSPS) is 15.0. The molecule has 6 nitrogen and oxygen atoms in total. The molecule has 0 unspecified atom stereocenters. The summed E-state index contributed by atoms with van der Waals surface area (Å²) in [5.74, 6) is 2.46. The van der Waals surface area contributed by atoms with Crippen molar-refractivity contribution >= 4 is 29.3 Å². The largest absolute Gasteiger partial charge is 0.356 e. The first-order valence-electron chi connectivity index (χ1n) is 11.3. The first-order valence-corrected chi connectivity index (χ1v) is 12.7. The third-order valence-corrected chi connectivity index (χ3v) is 7.11. The van der Waals surface area contributed by atoms with E-state index in [1.807, 2.05) is 49.4 Å². The van der Waals surface area contributed by atoms with Crippen LogP contribution in [0.25, 0.3) is 11.4 Å². The Morgan fingerprint density at radius 2 is 2.00 bits per heavy atom. The zero-order valence-electron chi connectivity index (χ0n) is 18.8. The molecular formula is C25H29ClN4O2S. The molecule has 1 aliphatic rings. The number of halogens is 1. The molecule has 4 rings (SSSR count). The Morgan fingerprint density at radius 3 is 2.76 bits per heavy atom. The van der Waals surface area contributed by atoms with Gasteiger partial charge in [-0.1, -0.05) is 40.5 Å². The van der Waals surface area contributed by atoms with Crippen LogP contribution in [0, 0.1) is 12.8 Å². The molecule has 0 bridgehead atoms. The van der Waals surface area contributed by atoms with Crippen molar-refractivity contribution in [3.05, 3.63) is 65.0 Å². The Balaban J connectivity index is 1.14. The van der Waals surface area contributed by atoms with Gasteiger partial charge in [0.2, 0.25) is 17.6 Å². The van der Waals surface area contributed by atoms with Gasteiger partial charge in [-0.15, -0.1) is 11.8 Å². The molecule has 1 aliphatic heterocycles. The van der Waals surface area contributed by atoms with Crippen LogP contribution < -0.4 is 5.32 Å². The summed E-state index contributed by atoms with van der Waals surface area (Å²) in [5.41, 5.74) is 2.13. The van der Waals surface area contributed by atoms with Crippen molar-refractivity contribution in [2.75, 3.05) is 25.4 Å². The lowest BCUT2D eigenvalue weighted by Gasteiger charge is -2.30. The zero-order chi connectivity index (χ0) is 23.0. The first-order chi connectivity index (χ1) is 16.1. The van der Waals surface area contributed by atoms with E-state index in [1.54, 1.807) is 11.8 Å². The van der Waals surface area contributed by atoms with Crippen molar-refractivity contribution in [2.24, 2.45) is 5.92 Å². The average Bonchev–Trinajstić information content (AvgIpc) is 3.29. The predicted octanol–water partition coefficient (Wildman–Crippen LogP) is 5.21. The van der Waals surface area contributed by atoms with Crippen LogP contribution in [0.5, 0.6) is 0 Å². The molecule has 1 fully saturated rings. The van der Waals surface area contributed by atoms with Gasteiger partial charge in [0.05, 0.1) is 6.54 Å². The highest BCUT2D eigenvalue weighted by Crippen LogP contribution is 2.22. The minimum Gasteiger partial charge on any atom is -0.356 e.